The van der Waals surface area contributed by atoms with Crippen molar-refractivity contribution in [2.24, 2.45) is 0 Å². The van der Waals surface area contributed by atoms with Gasteiger partial charge < -0.3 is 9.47 Å². The molecular formula is C17H17FN4O3S. The molecule has 0 spiro atoms. The third kappa shape index (κ3) is 4.59. The molecule has 1 atom stereocenters. The van der Waals surface area contributed by atoms with E-state index in [-0.39, 0.29) is 24.3 Å². The first-order chi connectivity index (χ1) is 12.7. The van der Waals surface area contributed by atoms with Crippen LogP contribution in [-0.2, 0) is 20.8 Å². The largest absolute Gasteiger partial charge is 0.450 e. The molecule has 3 rings (SSSR count). The lowest BCUT2D eigenvalue weighted by Crippen LogP contribution is -2.17. The number of esters is 1. The minimum atomic E-state index is -0.494. The molecule has 1 aliphatic rings. The normalized spacial score (nSPS) is 16.4. The number of carbonyl (C=O) groups excluding carboxylic acids is 1. The number of hydrogen-bond donors (Lipinski definition) is 0. The van der Waals surface area contributed by atoms with Gasteiger partial charge in [-0.1, -0.05) is 11.8 Å². The van der Waals surface area contributed by atoms with Gasteiger partial charge in [0.2, 0.25) is 0 Å². The Morgan fingerprint density at radius 2 is 2.23 bits per heavy atom. The monoisotopic (exact) mass is 376 g/mol. The summed E-state index contributed by atoms with van der Waals surface area (Å²) in [6, 6.07) is 7.77. The molecule has 2 aromatic rings. The van der Waals surface area contributed by atoms with Gasteiger partial charge in [-0.3, -0.25) is 9.36 Å². The quantitative estimate of drug-likeness (QED) is 0.541. The van der Waals surface area contributed by atoms with Crippen molar-refractivity contribution in [2.45, 2.75) is 30.6 Å². The van der Waals surface area contributed by atoms with Gasteiger partial charge in [-0.05, 0) is 37.1 Å². The summed E-state index contributed by atoms with van der Waals surface area (Å²) < 4.78 is 25.5. The van der Waals surface area contributed by atoms with Gasteiger partial charge in [-0.25, -0.2) is 4.39 Å². The van der Waals surface area contributed by atoms with Crippen molar-refractivity contribution >= 4 is 17.7 Å². The van der Waals surface area contributed by atoms with Crippen molar-refractivity contribution < 1.29 is 18.7 Å². The van der Waals surface area contributed by atoms with Crippen molar-refractivity contribution in [1.29, 1.82) is 5.26 Å². The maximum absolute atomic E-state index is 13.2. The minimum Gasteiger partial charge on any atom is -0.450 e. The van der Waals surface area contributed by atoms with Crippen molar-refractivity contribution in [1.82, 2.24) is 14.8 Å². The van der Waals surface area contributed by atoms with Crippen LogP contribution < -0.4 is 0 Å². The van der Waals surface area contributed by atoms with Crippen LogP contribution in [0.3, 0.4) is 0 Å². The van der Waals surface area contributed by atoms with Crippen LogP contribution in [0.2, 0.25) is 0 Å². The second-order valence-corrected chi connectivity index (χ2v) is 6.61. The van der Waals surface area contributed by atoms with Crippen LogP contribution in [0.4, 0.5) is 4.39 Å². The first-order valence-corrected chi connectivity index (χ1v) is 9.12. The lowest BCUT2D eigenvalue weighted by Gasteiger charge is -2.14. The predicted octanol–water partition coefficient (Wildman–Crippen LogP) is 2.42. The molecule has 2 heterocycles. The summed E-state index contributed by atoms with van der Waals surface area (Å²) in [5.41, 5.74) is 0.732. The number of nitrogens with zero attached hydrogens (tertiary/aromatic N) is 4. The molecule has 136 valence electrons. The van der Waals surface area contributed by atoms with Crippen LogP contribution in [0.1, 0.15) is 12.8 Å². The van der Waals surface area contributed by atoms with E-state index in [1.54, 1.807) is 18.2 Å². The van der Waals surface area contributed by atoms with E-state index in [9.17, 15) is 9.18 Å². The number of carbonyl (C=O) groups is 1. The third-order valence-electron chi connectivity index (χ3n) is 3.85. The zero-order valence-electron chi connectivity index (χ0n) is 13.9. The summed E-state index contributed by atoms with van der Waals surface area (Å²) in [6.45, 7) is 1.000. The van der Waals surface area contributed by atoms with Gasteiger partial charge >= 0.3 is 5.97 Å². The molecule has 0 bridgehead atoms. The molecule has 1 aromatic carbocycles. The standard InChI is InChI=1S/C17H17FN4O3S/c18-13-5-3-12(4-6-13)16-20-21-17(26-11-15(23)25-9-7-19)22(16)10-14-2-1-8-24-14/h3-6,14H,1-2,8-11H2/t14-/m1/s1. The van der Waals surface area contributed by atoms with Crippen molar-refractivity contribution in [3.05, 3.63) is 30.1 Å². The zero-order valence-corrected chi connectivity index (χ0v) is 14.7. The molecule has 26 heavy (non-hydrogen) atoms. The molecule has 1 aromatic heterocycles. The lowest BCUT2D eigenvalue weighted by atomic mass is 10.2. The third-order valence-corrected chi connectivity index (χ3v) is 4.79. The van der Waals surface area contributed by atoms with E-state index in [1.165, 1.54) is 23.9 Å². The fraction of sp³-hybridized carbons (Fsp3) is 0.412. The number of benzene rings is 1. The number of ether oxygens (including phenoxy) is 2. The molecule has 0 amide bonds. The van der Waals surface area contributed by atoms with E-state index in [1.807, 2.05) is 4.57 Å². The number of hydrogen-bond acceptors (Lipinski definition) is 7. The van der Waals surface area contributed by atoms with Crippen LogP contribution in [0.25, 0.3) is 11.4 Å². The highest BCUT2D eigenvalue weighted by atomic mass is 32.2. The van der Waals surface area contributed by atoms with E-state index < -0.39 is 5.97 Å². The van der Waals surface area contributed by atoms with Crippen molar-refractivity contribution in [2.75, 3.05) is 19.0 Å². The first-order valence-electron chi connectivity index (χ1n) is 8.13. The summed E-state index contributed by atoms with van der Waals surface area (Å²) in [5, 5.41) is 17.4. The minimum absolute atomic E-state index is 0.0226. The molecule has 9 heteroatoms. The van der Waals surface area contributed by atoms with Crippen LogP contribution in [-0.4, -0.2) is 45.8 Å². The Kier molecular flexibility index (Phi) is 6.20. The number of halogens is 1. The molecule has 0 unspecified atom stereocenters. The average molecular weight is 376 g/mol. The number of rotatable bonds is 7. The number of nitriles is 1. The summed E-state index contributed by atoms with van der Waals surface area (Å²) >= 11 is 1.18. The first kappa shape index (κ1) is 18.4. The Hall–Kier alpha value is -2.44. The highest BCUT2D eigenvalue weighted by Crippen LogP contribution is 2.26. The second-order valence-electron chi connectivity index (χ2n) is 5.67. The van der Waals surface area contributed by atoms with E-state index in [0.717, 1.165) is 25.0 Å². The van der Waals surface area contributed by atoms with Gasteiger partial charge in [-0.2, -0.15) is 5.26 Å². The zero-order chi connectivity index (χ0) is 18.4. The smallest absolute Gasteiger partial charge is 0.317 e. The molecule has 1 aliphatic heterocycles. The van der Waals surface area contributed by atoms with E-state index in [4.69, 9.17) is 14.7 Å². The molecule has 1 fully saturated rings. The number of thioether (sulfide) groups is 1. The van der Waals surface area contributed by atoms with Gasteiger partial charge in [0, 0.05) is 12.2 Å². The SMILES string of the molecule is N#CCOC(=O)CSc1nnc(-c2ccc(F)cc2)n1C[C@H]1CCCO1. The number of aromatic nitrogens is 3. The van der Waals surface area contributed by atoms with Gasteiger partial charge in [0.1, 0.15) is 11.9 Å². The van der Waals surface area contributed by atoms with E-state index >= 15 is 0 Å². The van der Waals surface area contributed by atoms with Crippen molar-refractivity contribution in [3.63, 3.8) is 0 Å². The summed E-state index contributed by atoms with van der Waals surface area (Å²) in [6.07, 6.45) is 1.99. The van der Waals surface area contributed by atoms with Gasteiger partial charge in [0.05, 0.1) is 18.4 Å². The molecule has 1 saturated heterocycles. The van der Waals surface area contributed by atoms with Gasteiger partial charge in [-0.15, -0.1) is 10.2 Å². The molecule has 0 radical (unpaired) electrons. The van der Waals surface area contributed by atoms with Crippen LogP contribution >= 0.6 is 11.8 Å². The summed E-state index contributed by atoms with van der Waals surface area (Å²) in [7, 11) is 0. The van der Waals surface area contributed by atoms with E-state index in [0.29, 0.717) is 17.5 Å². The maximum Gasteiger partial charge on any atom is 0.317 e. The highest BCUT2D eigenvalue weighted by molar-refractivity contribution is 7.99. The Labute approximate surface area is 154 Å². The summed E-state index contributed by atoms with van der Waals surface area (Å²) in [5.74, 6) is -0.205. The molecule has 0 saturated carbocycles. The highest BCUT2D eigenvalue weighted by Gasteiger charge is 2.22. The van der Waals surface area contributed by atoms with Crippen LogP contribution in [0.5, 0.6) is 0 Å². The molecular weight excluding hydrogens is 359 g/mol. The predicted molar refractivity (Wildman–Crippen MR) is 91.7 cm³/mol. The molecule has 7 nitrogen and oxygen atoms in total. The molecule has 0 N–H and O–H groups in total. The topological polar surface area (TPSA) is 90.0 Å². The Morgan fingerprint density at radius 1 is 1.42 bits per heavy atom. The Morgan fingerprint density at radius 3 is 2.92 bits per heavy atom. The van der Waals surface area contributed by atoms with E-state index in [2.05, 4.69) is 10.2 Å². The maximum atomic E-state index is 13.2. The average Bonchev–Trinajstić information content (AvgIpc) is 3.29. The lowest BCUT2D eigenvalue weighted by molar-refractivity contribution is -0.139. The van der Waals surface area contributed by atoms with Crippen molar-refractivity contribution in [3.8, 4) is 17.5 Å². The fourth-order valence-electron chi connectivity index (χ4n) is 2.64. The van der Waals surface area contributed by atoms with Crippen LogP contribution in [0, 0.1) is 17.1 Å². The van der Waals surface area contributed by atoms with Gasteiger partial charge in [0.15, 0.2) is 17.6 Å². The Balaban J connectivity index is 1.80. The Bertz CT molecular complexity index is 797. The second kappa shape index (κ2) is 8.78. The van der Waals surface area contributed by atoms with Gasteiger partial charge in [0.25, 0.3) is 0 Å². The van der Waals surface area contributed by atoms with Crippen LogP contribution in [0.15, 0.2) is 29.4 Å². The summed E-state index contributed by atoms with van der Waals surface area (Å²) in [4.78, 5) is 11.6. The fourth-order valence-corrected chi connectivity index (χ4v) is 3.39. The molecule has 0 aliphatic carbocycles.